The number of ether oxygens (including phenoxy) is 1. The molecule has 3 rings (SSSR count). The summed E-state index contributed by atoms with van der Waals surface area (Å²) in [7, 11) is 0. The van der Waals surface area contributed by atoms with Gasteiger partial charge in [0.1, 0.15) is 0 Å². The minimum atomic E-state index is 0.00474. The van der Waals surface area contributed by atoms with Crippen LogP contribution in [0.15, 0.2) is 91.0 Å². The molecular formula is C23H25NO. The van der Waals surface area contributed by atoms with Crippen molar-refractivity contribution in [3.63, 3.8) is 0 Å². The third-order valence-electron chi connectivity index (χ3n) is 4.33. The molecule has 0 unspecified atom stereocenters. The van der Waals surface area contributed by atoms with E-state index in [9.17, 15) is 0 Å². The summed E-state index contributed by atoms with van der Waals surface area (Å²) in [5.74, 6) is 0. The molecule has 3 aromatic carbocycles. The van der Waals surface area contributed by atoms with Gasteiger partial charge in [-0.05, 0) is 23.6 Å². The summed E-state index contributed by atoms with van der Waals surface area (Å²) in [5, 5.41) is 3.61. The Labute approximate surface area is 150 Å². The lowest BCUT2D eigenvalue weighted by atomic mass is 10.0. The molecule has 1 N–H and O–H groups in total. The molecular weight excluding hydrogens is 306 g/mol. The maximum atomic E-state index is 6.30. The molecule has 0 amide bonds. The molecule has 2 nitrogen and oxygen atoms in total. The van der Waals surface area contributed by atoms with E-state index < -0.39 is 0 Å². The quantitative estimate of drug-likeness (QED) is 0.618. The van der Waals surface area contributed by atoms with Gasteiger partial charge in [0, 0.05) is 12.6 Å². The molecule has 0 saturated heterocycles. The molecule has 0 bridgehead atoms. The molecule has 0 fully saturated rings. The molecule has 0 aliphatic heterocycles. The molecule has 128 valence electrons. The van der Waals surface area contributed by atoms with E-state index in [-0.39, 0.29) is 12.1 Å². The molecule has 2 heteroatoms. The maximum Gasteiger partial charge on any atom is 0.0979 e. The van der Waals surface area contributed by atoms with Crippen LogP contribution in [0.3, 0.4) is 0 Å². The van der Waals surface area contributed by atoms with E-state index in [1.54, 1.807) is 0 Å². The van der Waals surface area contributed by atoms with Crippen molar-refractivity contribution in [3.8, 4) is 0 Å². The Balaban J connectivity index is 1.67. The second-order valence-electron chi connectivity index (χ2n) is 6.28. The third-order valence-corrected chi connectivity index (χ3v) is 4.33. The molecule has 2 atom stereocenters. The lowest BCUT2D eigenvalue weighted by Gasteiger charge is -2.26. The zero-order valence-corrected chi connectivity index (χ0v) is 14.6. The minimum Gasteiger partial charge on any atom is -0.367 e. The molecule has 0 aliphatic carbocycles. The largest absolute Gasteiger partial charge is 0.367 e. The van der Waals surface area contributed by atoms with Crippen LogP contribution in [0.2, 0.25) is 0 Å². The van der Waals surface area contributed by atoms with Crippen molar-refractivity contribution in [2.75, 3.05) is 0 Å². The predicted octanol–water partition coefficient (Wildman–Crippen LogP) is 5.12. The molecule has 3 aromatic rings. The first-order valence-electron chi connectivity index (χ1n) is 8.81. The van der Waals surface area contributed by atoms with E-state index in [1.165, 1.54) is 16.7 Å². The van der Waals surface area contributed by atoms with Gasteiger partial charge in [-0.1, -0.05) is 91.0 Å². The van der Waals surface area contributed by atoms with Crippen LogP contribution in [-0.2, 0) is 17.9 Å². The number of hydrogen-bond donors (Lipinski definition) is 1. The van der Waals surface area contributed by atoms with Gasteiger partial charge in [0.25, 0.3) is 0 Å². The summed E-state index contributed by atoms with van der Waals surface area (Å²) in [6.45, 7) is 3.63. The van der Waals surface area contributed by atoms with Crippen LogP contribution in [0.5, 0.6) is 0 Å². The molecule has 0 radical (unpaired) electrons. The predicted molar refractivity (Wildman–Crippen MR) is 103 cm³/mol. The summed E-state index contributed by atoms with van der Waals surface area (Å²) in [5.41, 5.74) is 3.68. The van der Waals surface area contributed by atoms with Crippen LogP contribution in [0.1, 0.15) is 29.7 Å². The molecule has 0 heterocycles. The Hall–Kier alpha value is -2.42. The normalized spacial score (nSPS) is 13.3. The molecule has 0 saturated carbocycles. The van der Waals surface area contributed by atoms with Crippen molar-refractivity contribution >= 4 is 0 Å². The van der Waals surface area contributed by atoms with Crippen LogP contribution in [0.25, 0.3) is 0 Å². The first-order chi connectivity index (χ1) is 12.3. The highest BCUT2D eigenvalue weighted by molar-refractivity contribution is 5.20. The fourth-order valence-electron chi connectivity index (χ4n) is 2.91. The van der Waals surface area contributed by atoms with E-state index in [2.05, 4.69) is 72.9 Å². The van der Waals surface area contributed by atoms with Crippen LogP contribution in [0.4, 0.5) is 0 Å². The SMILES string of the molecule is C[C@@H](NCc1ccccc1)[C@@H](OCc1ccccc1)c1ccccc1. The summed E-state index contributed by atoms with van der Waals surface area (Å²) in [4.78, 5) is 0. The van der Waals surface area contributed by atoms with Gasteiger partial charge in [0.05, 0.1) is 12.7 Å². The van der Waals surface area contributed by atoms with Gasteiger partial charge in [0.15, 0.2) is 0 Å². The van der Waals surface area contributed by atoms with Gasteiger partial charge in [-0.3, -0.25) is 0 Å². The van der Waals surface area contributed by atoms with Gasteiger partial charge in [-0.15, -0.1) is 0 Å². The standard InChI is InChI=1S/C23H25NO/c1-19(24-17-20-11-5-2-6-12-20)23(22-15-9-4-10-16-22)25-18-21-13-7-3-8-14-21/h2-16,19,23-24H,17-18H2,1H3/t19-,23-/m1/s1. The Bertz CT molecular complexity index is 728. The Kier molecular flexibility index (Phi) is 6.38. The van der Waals surface area contributed by atoms with Gasteiger partial charge in [-0.25, -0.2) is 0 Å². The highest BCUT2D eigenvalue weighted by Gasteiger charge is 2.19. The zero-order valence-electron chi connectivity index (χ0n) is 14.6. The number of benzene rings is 3. The van der Waals surface area contributed by atoms with E-state index >= 15 is 0 Å². The lowest BCUT2D eigenvalue weighted by Crippen LogP contribution is -2.33. The summed E-state index contributed by atoms with van der Waals surface area (Å²) < 4.78 is 6.30. The van der Waals surface area contributed by atoms with Crippen molar-refractivity contribution in [2.45, 2.75) is 32.2 Å². The Morgan fingerprint density at radius 1 is 0.720 bits per heavy atom. The van der Waals surface area contributed by atoms with E-state index in [4.69, 9.17) is 4.74 Å². The van der Waals surface area contributed by atoms with Crippen molar-refractivity contribution in [3.05, 3.63) is 108 Å². The topological polar surface area (TPSA) is 21.3 Å². The van der Waals surface area contributed by atoms with E-state index in [0.29, 0.717) is 6.61 Å². The maximum absolute atomic E-state index is 6.30. The smallest absolute Gasteiger partial charge is 0.0979 e. The fourth-order valence-corrected chi connectivity index (χ4v) is 2.91. The van der Waals surface area contributed by atoms with Crippen LogP contribution in [-0.4, -0.2) is 6.04 Å². The second kappa shape index (κ2) is 9.16. The van der Waals surface area contributed by atoms with Crippen LogP contribution in [0, 0.1) is 0 Å². The monoisotopic (exact) mass is 331 g/mol. The van der Waals surface area contributed by atoms with Gasteiger partial charge >= 0.3 is 0 Å². The second-order valence-corrected chi connectivity index (χ2v) is 6.28. The van der Waals surface area contributed by atoms with E-state index in [1.807, 2.05) is 30.3 Å². The average molecular weight is 331 g/mol. The molecule has 25 heavy (non-hydrogen) atoms. The first-order valence-corrected chi connectivity index (χ1v) is 8.81. The fraction of sp³-hybridized carbons (Fsp3) is 0.217. The zero-order chi connectivity index (χ0) is 17.3. The number of nitrogens with one attached hydrogen (secondary N) is 1. The highest BCUT2D eigenvalue weighted by Crippen LogP contribution is 2.23. The van der Waals surface area contributed by atoms with Gasteiger partial charge < -0.3 is 10.1 Å². The highest BCUT2D eigenvalue weighted by atomic mass is 16.5. The van der Waals surface area contributed by atoms with Crippen molar-refractivity contribution in [2.24, 2.45) is 0 Å². The summed E-state index contributed by atoms with van der Waals surface area (Å²) in [6, 6.07) is 31.4. The van der Waals surface area contributed by atoms with Crippen molar-refractivity contribution in [1.82, 2.24) is 5.32 Å². The molecule has 0 aromatic heterocycles. The minimum absolute atomic E-state index is 0.00474. The van der Waals surface area contributed by atoms with E-state index in [0.717, 1.165) is 6.54 Å². The number of hydrogen-bond acceptors (Lipinski definition) is 2. The average Bonchev–Trinajstić information content (AvgIpc) is 2.69. The number of rotatable bonds is 8. The lowest BCUT2D eigenvalue weighted by molar-refractivity contribution is 0.0168. The van der Waals surface area contributed by atoms with Crippen molar-refractivity contribution in [1.29, 1.82) is 0 Å². The Morgan fingerprint density at radius 3 is 1.84 bits per heavy atom. The van der Waals surface area contributed by atoms with Gasteiger partial charge in [-0.2, -0.15) is 0 Å². The Morgan fingerprint density at radius 2 is 1.24 bits per heavy atom. The summed E-state index contributed by atoms with van der Waals surface area (Å²) in [6.07, 6.45) is 0.00474. The molecule has 0 aliphatic rings. The first kappa shape index (κ1) is 17.4. The van der Waals surface area contributed by atoms with Crippen LogP contribution < -0.4 is 5.32 Å². The van der Waals surface area contributed by atoms with Gasteiger partial charge in [0.2, 0.25) is 0 Å². The molecule has 0 spiro atoms. The summed E-state index contributed by atoms with van der Waals surface area (Å²) >= 11 is 0. The third kappa shape index (κ3) is 5.28. The van der Waals surface area contributed by atoms with Crippen LogP contribution >= 0.6 is 0 Å². The van der Waals surface area contributed by atoms with Crippen molar-refractivity contribution < 1.29 is 4.74 Å².